The summed E-state index contributed by atoms with van der Waals surface area (Å²) < 4.78 is 0. The SMILES string of the molecule is C[C](C=CCCCc1ccccc1)C=C(C)c1ccccc1. The van der Waals surface area contributed by atoms with E-state index in [9.17, 15) is 0 Å². The first kappa shape index (κ1) is 16.3. The molecule has 2 aromatic carbocycles. The minimum Gasteiger partial charge on any atom is -0.0876 e. The van der Waals surface area contributed by atoms with Gasteiger partial charge in [0.25, 0.3) is 0 Å². The predicted octanol–water partition coefficient (Wildman–Crippen LogP) is 6.26. The molecule has 0 spiro atoms. The Hall–Kier alpha value is -2.08. The van der Waals surface area contributed by atoms with Gasteiger partial charge in [0, 0.05) is 5.92 Å². The molecule has 2 aromatic rings. The third-order valence-corrected chi connectivity index (χ3v) is 3.73. The standard InChI is InChI=1S/C22H25/c1-19(18-20(2)22-16-10-5-11-17-22)12-6-3-7-13-21-14-8-4-9-15-21/h4-6,8-12,14-18H,3,7,13H2,1-2H3. The van der Waals surface area contributed by atoms with Gasteiger partial charge in [-0.15, -0.1) is 0 Å². The molecule has 113 valence electrons. The van der Waals surface area contributed by atoms with E-state index in [-0.39, 0.29) is 0 Å². The van der Waals surface area contributed by atoms with E-state index >= 15 is 0 Å². The van der Waals surface area contributed by atoms with E-state index in [1.807, 2.05) is 0 Å². The molecule has 0 N–H and O–H groups in total. The number of unbranched alkanes of at least 4 members (excludes halogenated alkanes) is 1. The van der Waals surface area contributed by atoms with Gasteiger partial charge in [-0.25, -0.2) is 0 Å². The maximum Gasteiger partial charge on any atom is 0.0162 e. The van der Waals surface area contributed by atoms with Gasteiger partial charge in [0.15, 0.2) is 0 Å². The highest BCUT2D eigenvalue weighted by molar-refractivity contribution is 5.66. The van der Waals surface area contributed by atoms with Crippen molar-refractivity contribution in [2.24, 2.45) is 0 Å². The van der Waals surface area contributed by atoms with Crippen molar-refractivity contribution in [1.82, 2.24) is 0 Å². The lowest BCUT2D eigenvalue weighted by Gasteiger charge is -2.04. The number of hydrogen-bond acceptors (Lipinski definition) is 0. The molecule has 0 aromatic heterocycles. The summed E-state index contributed by atoms with van der Waals surface area (Å²) in [7, 11) is 0. The van der Waals surface area contributed by atoms with Crippen molar-refractivity contribution in [3.05, 3.63) is 95.9 Å². The molecule has 22 heavy (non-hydrogen) atoms. The van der Waals surface area contributed by atoms with Crippen LogP contribution in [0, 0.1) is 5.92 Å². The summed E-state index contributed by atoms with van der Waals surface area (Å²) in [6.07, 6.45) is 10.3. The van der Waals surface area contributed by atoms with Crippen molar-refractivity contribution in [1.29, 1.82) is 0 Å². The fourth-order valence-corrected chi connectivity index (χ4v) is 2.51. The molecule has 2 rings (SSSR count). The highest BCUT2D eigenvalue weighted by Gasteiger charge is 1.97. The largest absolute Gasteiger partial charge is 0.0876 e. The summed E-state index contributed by atoms with van der Waals surface area (Å²) in [4.78, 5) is 0. The summed E-state index contributed by atoms with van der Waals surface area (Å²) in [5.41, 5.74) is 4.03. The summed E-state index contributed by atoms with van der Waals surface area (Å²) in [5.74, 6) is 1.31. The highest BCUT2D eigenvalue weighted by atomic mass is 14.0. The number of hydrogen-bond donors (Lipinski definition) is 0. The molecule has 0 bridgehead atoms. The van der Waals surface area contributed by atoms with Crippen LogP contribution in [0.25, 0.3) is 5.57 Å². The molecule has 0 aliphatic heterocycles. The van der Waals surface area contributed by atoms with Crippen molar-refractivity contribution in [3.8, 4) is 0 Å². The van der Waals surface area contributed by atoms with Gasteiger partial charge in [-0.1, -0.05) is 85.8 Å². The van der Waals surface area contributed by atoms with Crippen LogP contribution in [0.15, 0.2) is 78.9 Å². The Kier molecular flexibility index (Phi) is 6.70. The zero-order valence-electron chi connectivity index (χ0n) is 13.6. The molecule has 0 saturated carbocycles. The lowest BCUT2D eigenvalue weighted by atomic mass is 10.0. The first-order valence-electron chi connectivity index (χ1n) is 8.03. The zero-order valence-corrected chi connectivity index (χ0v) is 13.6. The Labute approximate surface area is 135 Å². The van der Waals surface area contributed by atoms with Crippen LogP contribution in [0.5, 0.6) is 0 Å². The lowest BCUT2D eigenvalue weighted by molar-refractivity contribution is 0.841. The van der Waals surface area contributed by atoms with Gasteiger partial charge in [-0.3, -0.25) is 0 Å². The van der Waals surface area contributed by atoms with Crippen LogP contribution in [0.2, 0.25) is 0 Å². The smallest absolute Gasteiger partial charge is 0.0162 e. The van der Waals surface area contributed by atoms with Crippen LogP contribution >= 0.6 is 0 Å². The van der Waals surface area contributed by atoms with Crippen LogP contribution < -0.4 is 0 Å². The molecular weight excluding hydrogens is 264 g/mol. The average Bonchev–Trinajstić information content (AvgIpc) is 2.56. The maximum absolute atomic E-state index is 2.28. The monoisotopic (exact) mass is 289 g/mol. The first-order valence-corrected chi connectivity index (χ1v) is 8.03. The number of rotatable bonds is 7. The second-order valence-corrected chi connectivity index (χ2v) is 5.72. The van der Waals surface area contributed by atoms with Crippen molar-refractivity contribution in [2.75, 3.05) is 0 Å². The van der Waals surface area contributed by atoms with Crippen LogP contribution in [0.3, 0.4) is 0 Å². The van der Waals surface area contributed by atoms with Crippen LogP contribution in [0.4, 0.5) is 0 Å². The van der Waals surface area contributed by atoms with Gasteiger partial charge in [0.1, 0.15) is 0 Å². The topological polar surface area (TPSA) is 0 Å². The van der Waals surface area contributed by atoms with E-state index in [1.165, 1.54) is 29.0 Å². The van der Waals surface area contributed by atoms with Gasteiger partial charge >= 0.3 is 0 Å². The minimum atomic E-state index is 1.13. The quantitative estimate of drug-likeness (QED) is 0.527. The summed E-state index contributed by atoms with van der Waals surface area (Å²) in [5, 5.41) is 0. The first-order chi connectivity index (χ1) is 10.8. The molecule has 0 heterocycles. The third kappa shape index (κ3) is 5.73. The predicted molar refractivity (Wildman–Crippen MR) is 97.5 cm³/mol. The fourth-order valence-electron chi connectivity index (χ4n) is 2.51. The molecule has 0 saturated heterocycles. The van der Waals surface area contributed by atoms with Crippen molar-refractivity contribution >= 4 is 5.57 Å². The molecule has 0 atom stereocenters. The van der Waals surface area contributed by atoms with Crippen LogP contribution in [0.1, 0.15) is 37.8 Å². The summed E-state index contributed by atoms with van der Waals surface area (Å²) >= 11 is 0. The number of allylic oxidation sites excluding steroid dienone is 4. The number of benzene rings is 2. The van der Waals surface area contributed by atoms with Gasteiger partial charge in [-0.2, -0.15) is 0 Å². The van der Waals surface area contributed by atoms with Gasteiger partial charge < -0.3 is 0 Å². The van der Waals surface area contributed by atoms with Gasteiger partial charge in [0.2, 0.25) is 0 Å². The molecule has 0 aliphatic carbocycles. The summed E-state index contributed by atoms with van der Waals surface area (Å²) in [6, 6.07) is 21.2. The molecular formula is C22H25. The maximum atomic E-state index is 2.28. The Morgan fingerprint density at radius 1 is 0.864 bits per heavy atom. The molecule has 1 radical (unpaired) electrons. The van der Waals surface area contributed by atoms with Gasteiger partial charge in [-0.05, 0) is 42.9 Å². The Balaban J connectivity index is 1.75. The van der Waals surface area contributed by atoms with Crippen LogP contribution in [-0.4, -0.2) is 0 Å². The number of aryl methyl sites for hydroxylation is 1. The second kappa shape index (κ2) is 9.04. The van der Waals surface area contributed by atoms with E-state index in [2.05, 4.69) is 92.7 Å². The Bertz CT molecular complexity index is 590. The third-order valence-electron chi connectivity index (χ3n) is 3.73. The lowest BCUT2D eigenvalue weighted by Crippen LogP contribution is -1.86. The van der Waals surface area contributed by atoms with Crippen LogP contribution in [-0.2, 0) is 6.42 Å². The molecule has 0 aliphatic rings. The van der Waals surface area contributed by atoms with Crippen molar-refractivity contribution in [3.63, 3.8) is 0 Å². The van der Waals surface area contributed by atoms with E-state index in [4.69, 9.17) is 0 Å². The van der Waals surface area contributed by atoms with Crippen molar-refractivity contribution < 1.29 is 0 Å². The highest BCUT2D eigenvalue weighted by Crippen LogP contribution is 2.17. The minimum absolute atomic E-state index is 1.13. The fraction of sp³-hybridized carbons (Fsp3) is 0.227. The van der Waals surface area contributed by atoms with Crippen molar-refractivity contribution in [2.45, 2.75) is 33.1 Å². The molecule has 0 amide bonds. The zero-order chi connectivity index (χ0) is 15.6. The second-order valence-electron chi connectivity index (χ2n) is 5.72. The van der Waals surface area contributed by atoms with Gasteiger partial charge in [0.05, 0.1) is 0 Å². The van der Waals surface area contributed by atoms with E-state index in [0.29, 0.717) is 0 Å². The average molecular weight is 289 g/mol. The molecule has 0 nitrogen and oxygen atoms in total. The van der Waals surface area contributed by atoms with E-state index in [1.54, 1.807) is 0 Å². The normalized spacial score (nSPS) is 12.2. The molecule has 0 unspecified atom stereocenters. The molecule has 0 fully saturated rings. The van der Waals surface area contributed by atoms with E-state index in [0.717, 1.165) is 12.8 Å². The Morgan fingerprint density at radius 3 is 2.18 bits per heavy atom. The summed E-state index contributed by atoms with van der Waals surface area (Å²) in [6.45, 7) is 4.34. The Morgan fingerprint density at radius 2 is 1.50 bits per heavy atom. The van der Waals surface area contributed by atoms with E-state index < -0.39 is 0 Å². The molecule has 0 heteroatoms.